The maximum absolute atomic E-state index is 2.43. The molecule has 266 valence electrons. The molecule has 0 saturated carbocycles. The Hall–Kier alpha value is -7.48. The lowest BCUT2D eigenvalue weighted by atomic mass is 9.87. The van der Waals surface area contributed by atoms with Gasteiger partial charge in [-0.2, -0.15) is 0 Å². The van der Waals surface area contributed by atoms with E-state index in [4.69, 9.17) is 0 Å². The molecule has 0 unspecified atom stereocenters. The normalized spacial score (nSPS) is 11.5. The van der Waals surface area contributed by atoms with Gasteiger partial charge in [-0.05, 0) is 130 Å². The zero-order chi connectivity index (χ0) is 37.7. The van der Waals surface area contributed by atoms with Crippen LogP contribution < -0.4 is 4.90 Å². The molecule has 0 radical (unpaired) electrons. The summed E-state index contributed by atoms with van der Waals surface area (Å²) in [6.07, 6.45) is 0. The fraction of sp³-hybridized carbons (Fsp3) is 0. The second kappa shape index (κ2) is 13.7. The Labute approximate surface area is 332 Å². The summed E-state index contributed by atoms with van der Waals surface area (Å²) in [5, 5.41) is 12.5. The summed E-state index contributed by atoms with van der Waals surface area (Å²) in [4.78, 5) is 2.42. The Morgan fingerprint density at radius 3 is 1.68 bits per heavy atom. The molecule has 0 N–H and O–H groups in total. The van der Waals surface area contributed by atoms with E-state index in [1.54, 1.807) is 0 Å². The van der Waals surface area contributed by atoms with Crippen LogP contribution in [0.25, 0.3) is 87.2 Å². The summed E-state index contributed by atoms with van der Waals surface area (Å²) in [5.41, 5.74) is 10.5. The molecule has 0 fully saturated rings. The number of rotatable bonds is 6. The van der Waals surface area contributed by atoms with Crippen molar-refractivity contribution in [1.82, 2.24) is 0 Å². The van der Waals surface area contributed by atoms with Crippen molar-refractivity contribution in [1.29, 1.82) is 0 Å². The van der Waals surface area contributed by atoms with E-state index in [9.17, 15) is 0 Å². The molecule has 11 aromatic rings. The van der Waals surface area contributed by atoms with Gasteiger partial charge in [0.15, 0.2) is 0 Å². The van der Waals surface area contributed by atoms with Gasteiger partial charge in [-0.25, -0.2) is 0 Å². The van der Waals surface area contributed by atoms with Crippen molar-refractivity contribution in [3.8, 4) is 33.4 Å². The van der Waals surface area contributed by atoms with Gasteiger partial charge in [0.2, 0.25) is 0 Å². The van der Waals surface area contributed by atoms with E-state index in [0.717, 1.165) is 22.6 Å². The number of benzene rings is 11. The van der Waals surface area contributed by atoms with Crippen LogP contribution in [0.15, 0.2) is 224 Å². The molecule has 0 aliphatic heterocycles. The minimum absolute atomic E-state index is 1.10. The van der Waals surface area contributed by atoms with Crippen LogP contribution in [-0.2, 0) is 0 Å². The van der Waals surface area contributed by atoms with Gasteiger partial charge in [-0.3, -0.25) is 0 Å². The Kier molecular flexibility index (Phi) is 7.89. The summed E-state index contributed by atoms with van der Waals surface area (Å²) in [5.74, 6) is 0. The van der Waals surface area contributed by atoms with Gasteiger partial charge in [0.05, 0.1) is 5.69 Å². The predicted octanol–water partition coefficient (Wildman–Crippen LogP) is 15.9. The summed E-state index contributed by atoms with van der Waals surface area (Å²) < 4.78 is 0. The minimum Gasteiger partial charge on any atom is -0.310 e. The lowest BCUT2D eigenvalue weighted by Gasteiger charge is -2.28. The molecule has 0 saturated heterocycles. The third kappa shape index (κ3) is 5.72. The van der Waals surface area contributed by atoms with E-state index in [1.807, 2.05) is 0 Å². The lowest BCUT2D eigenvalue weighted by Crippen LogP contribution is -2.11. The zero-order valence-electron chi connectivity index (χ0n) is 31.3. The maximum Gasteiger partial charge on any atom is 0.0540 e. The van der Waals surface area contributed by atoms with Crippen LogP contribution in [0, 0.1) is 0 Å². The van der Waals surface area contributed by atoms with Gasteiger partial charge in [0.25, 0.3) is 0 Å². The molecule has 57 heavy (non-hydrogen) atoms. The number of nitrogens with zero attached hydrogens (tertiary/aromatic N) is 1. The van der Waals surface area contributed by atoms with E-state index in [1.165, 1.54) is 81.7 Å². The number of fused-ring (bicyclic) bond motifs is 7. The van der Waals surface area contributed by atoms with Crippen molar-refractivity contribution in [2.75, 3.05) is 4.90 Å². The van der Waals surface area contributed by atoms with Crippen molar-refractivity contribution in [3.05, 3.63) is 224 Å². The predicted molar refractivity (Wildman–Crippen MR) is 245 cm³/mol. The summed E-state index contributed by atoms with van der Waals surface area (Å²) in [6, 6.07) is 82.2. The molecule has 0 spiro atoms. The zero-order valence-corrected chi connectivity index (χ0v) is 31.3. The first-order valence-electron chi connectivity index (χ1n) is 19.7. The molecule has 0 heterocycles. The molecule has 0 aromatic heterocycles. The average Bonchev–Trinajstić information content (AvgIpc) is 3.29. The maximum atomic E-state index is 2.43. The summed E-state index contributed by atoms with van der Waals surface area (Å²) in [7, 11) is 0. The smallest absolute Gasteiger partial charge is 0.0540 e. The summed E-state index contributed by atoms with van der Waals surface area (Å²) in [6.45, 7) is 0. The molecule has 1 nitrogen and oxygen atoms in total. The summed E-state index contributed by atoms with van der Waals surface area (Å²) >= 11 is 0. The first-order chi connectivity index (χ1) is 28.3. The molecule has 0 amide bonds. The van der Waals surface area contributed by atoms with Crippen LogP contribution >= 0.6 is 0 Å². The Balaban J connectivity index is 1.14. The lowest BCUT2D eigenvalue weighted by molar-refractivity contribution is 1.29. The standard InChI is InChI=1S/C56H37N/c1-2-16-39(17-3-1)49-25-12-13-28-56(49)57(46-31-29-38-15-4-5-19-41(38)34-46)45-22-14-21-42(35-45)44-33-43-20-7-9-24-48(43)53(36-44)55-37-54-47-23-8-6-18-40(47)30-32-52(54)50-26-10-11-27-51(50)55/h1-37H. The highest BCUT2D eigenvalue weighted by Crippen LogP contribution is 2.45. The first kappa shape index (κ1) is 32.9. The molecule has 11 aromatic carbocycles. The van der Waals surface area contributed by atoms with Crippen molar-refractivity contribution < 1.29 is 0 Å². The average molecular weight is 724 g/mol. The van der Waals surface area contributed by atoms with Gasteiger partial charge in [0, 0.05) is 16.9 Å². The molecule has 0 aliphatic carbocycles. The highest BCUT2D eigenvalue weighted by Gasteiger charge is 2.19. The monoisotopic (exact) mass is 723 g/mol. The fourth-order valence-electron chi connectivity index (χ4n) is 8.88. The van der Waals surface area contributed by atoms with Crippen LogP contribution in [0.3, 0.4) is 0 Å². The number of hydrogen-bond acceptors (Lipinski definition) is 1. The van der Waals surface area contributed by atoms with Crippen LogP contribution in [0.4, 0.5) is 17.1 Å². The van der Waals surface area contributed by atoms with Crippen LogP contribution in [0.5, 0.6) is 0 Å². The van der Waals surface area contributed by atoms with E-state index in [0.29, 0.717) is 0 Å². The second-order valence-corrected chi connectivity index (χ2v) is 14.9. The van der Waals surface area contributed by atoms with Gasteiger partial charge < -0.3 is 4.90 Å². The van der Waals surface area contributed by atoms with Crippen LogP contribution in [0.1, 0.15) is 0 Å². The largest absolute Gasteiger partial charge is 0.310 e. The molecule has 0 bridgehead atoms. The number of anilines is 3. The molecular weight excluding hydrogens is 687 g/mol. The third-order valence-electron chi connectivity index (χ3n) is 11.6. The Bertz CT molecular complexity index is 3300. The molecule has 11 rings (SSSR count). The van der Waals surface area contributed by atoms with E-state index >= 15 is 0 Å². The molecule has 0 atom stereocenters. The quantitative estimate of drug-likeness (QED) is 0.154. The Morgan fingerprint density at radius 1 is 0.228 bits per heavy atom. The van der Waals surface area contributed by atoms with Gasteiger partial charge in [-0.1, -0.05) is 176 Å². The van der Waals surface area contributed by atoms with Crippen molar-refractivity contribution in [2.24, 2.45) is 0 Å². The third-order valence-corrected chi connectivity index (χ3v) is 11.6. The van der Waals surface area contributed by atoms with Crippen LogP contribution in [0.2, 0.25) is 0 Å². The van der Waals surface area contributed by atoms with Crippen molar-refractivity contribution in [3.63, 3.8) is 0 Å². The fourth-order valence-corrected chi connectivity index (χ4v) is 8.88. The second-order valence-electron chi connectivity index (χ2n) is 14.9. The number of hydrogen-bond donors (Lipinski definition) is 0. The van der Waals surface area contributed by atoms with E-state index in [2.05, 4.69) is 229 Å². The Morgan fingerprint density at radius 2 is 0.825 bits per heavy atom. The topological polar surface area (TPSA) is 3.24 Å². The van der Waals surface area contributed by atoms with E-state index in [-0.39, 0.29) is 0 Å². The van der Waals surface area contributed by atoms with Gasteiger partial charge >= 0.3 is 0 Å². The van der Waals surface area contributed by atoms with Crippen LogP contribution in [-0.4, -0.2) is 0 Å². The minimum atomic E-state index is 1.10. The molecule has 1 heteroatoms. The SMILES string of the molecule is c1ccc(-c2ccccc2N(c2cccc(-c3cc(-c4cc5c6ccccc6ccc5c5ccccc45)c4ccccc4c3)c2)c2ccc3ccccc3c2)cc1. The van der Waals surface area contributed by atoms with Crippen molar-refractivity contribution >= 4 is 70.9 Å². The highest BCUT2D eigenvalue weighted by molar-refractivity contribution is 6.22. The van der Waals surface area contributed by atoms with E-state index < -0.39 is 0 Å². The molecule has 0 aliphatic rings. The van der Waals surface area contributed by atoms with Crippen molar-refractivity contribution in [2.45, 2.75) is 0 Å². The first-order valence-corrected chi connectivity index (χ1v) is 19.7. The highest BCUT2D eigenvalue weighted by atomic mass is 15.1. The van der Waals surface area contributed by atoms with Gasteiger partial charge in [0.1, 0.15) is 0 Å². The van der Waals surface area contributed by atoms with Gasteiger partial charge in [-0.15, -0.1) is 0 Å². The number of para-hydroxylation sites is 1. The molecular formula is C56H37N.